The maximum atomic E-state index is 12.5. The summed E-state index contributed by atoms with van der Waals surface area (Å²) in [6, 6.07) is 10.7. The summed E-state index contributed by atoms with van der Waals surface area (Å²) < 4.78 is 35.9. The molecule has 2 rings (SSSR count). The minimum atomic E-state index is -3.73. The van der Waals surface area contributed by atoms with Gasteiger partial charge in [-0.3, -0.25) is 9.10 Å². The van der Waals surface area contributed by atoms with Gasteiger partial charge in [0, 0.05) is 0 Å². The molecule has 0 saturated carbocycles. The highest BCUT2D eigenvalue weighted by atomic mass is 35.5. The second-order valence-electron chi connectivity index (χ2n) is 6.58. The van der Waals surface area contributed by atoms with Crippen LogP contribution in [0.5, 0.6) is 5.75 Å². The molecular weight excluding hydrogens is 444 g/mol. The van der Waals surface area contributed by atoms with Crippen molar-refractivity contribution in [3.8, 4) is 5.75 Å². The maximum absolute atomic E-state index is 12.5. The lowest BCUT2D eigenvalue weighted by atomic mass is 10.2. The third-order valence-electron chi connectivity index (χ3n) is 4.04. The Balaban J connectivity index is 2.14. The molecule has 2 aromatic rings. The fraction of sp³-hybridized carbons (Fsp3) is 0.333. The molecule has 0 bridgehead atoms. The summed E-state index contributed by atoms with van der Waals surface area (Å²) in [6.45, 7) is 3.99. The van der Waals surface area contributed by atoms with E-state index in [-0.39, 0.29) is 22.9 Å². The van der Waals surface area contributed by atoms with Crippen LogP contribution >= 0.6 is 11.6 Å². The van der Waals surface area contributed by atoms with Crippen LogP contribution < -0.4 is 14.4 Å². The van der Waals surface area contributed by atoms with Crippen molar-refractivity contribution in [1.82, 2.24) is 0 Å². The number of rotatable bonds is 10. The van der Waals surface area contributed by atoms with Crippen LogP contribution in [0.4, 0.5) is 11.4 Å². The number of carbonyl (C=O) groups excluding carboxylic acids is 2. The molecule has 0 aliphatic carbocycles. The standard InChI is InChI=1S/C21H25ClN2O6S/c1-4-12-30-17-9-7-16(8-10-17)24(31(3,27)28)14-20(25)23-19-11-6-15(13-18(19)22)21(26)29-5-2/h6-11,13H,4-5,12,14H2,1-3H3,(H,23,25). The molecule has 31 heavy (non-hydrogen) atoms. The summed E-state index contributed by atoms with van der Waals surface area (Å²) >= 11 is 6.15. The van der Waals surface area contributed by atoms with E-state index in [0.717, 1.165) is 17.0 Å². The molecule has 0 aliphatic rings. The second-order valence-corrected chi connectivity index (χ2v) is 8.89. The lowest BCUT2D eigenvalue weighted by molar-refractivity contribution is -0.114. The number of anilines is 2. The van der Waals surface area contributed by atoms with Gasteiger partial charge in [-0.2, -0.15) is 0 Å². The van der Waals surface area contributed by atoms with Crippen LogP contribution in [0, 0.1) is 0 Å². The molecule has 0 aliphatic heterocycles. The highest BCUT2D eigenvalue weighted by molar-refractivity contribution is 7.92. The Labute approximate surface area is 187 Å². The van der Waals surface area contributed by atoms with Gasteiger partial charge in [-0.05, 0) is 55.8 Å². The van der Waals surface area contributed by atoms with Crippen LogP contribution in [0.15, 0.2) is 42.5 Å². The minimum absolute atomic E-state index is 0.127. The Kier molecular flexibility index (Phi) is 8.70. The summed E-state index contributed by atoms with van der Waals surface area (Å²) in [5.74, 6) is -0.517. The molecule has 0 heterocycles. The van der Waals surface area contributed by atoms with Crippen LogP contribution in [0.3, 0.4) is 0 Å². The zero-order valence-corrected chi connectivity index (χ0v) is 19.1. The monoisotopic (exact) mass is 468 g/mol. The molecule has 0 saturated heterocycles. The van der Waals surface area contributed by atoms with Crippen LogP contribution in [0.1, 0.15) is 30.6 Å². The SMILES string of the molecule is CCCOc1ccc(N(CC(=O)Nc2ccc(C(=O)OCC)cc2Cl)S(C)(=O)=O)cc1. The van der Waals surface area contributed by atoms with E-state index < -0.39 is 28.4 Å². The first-order valence-electron chi connectivity index (χ1n) is 9.62. The number of nitrogens with zero attached hydrogens (tertiary/aromatic N) is 1. The Morgan fingerprint density at radius 3 is 2.32 bits per heavy atom. The number of hydrogen-bond acceptors (Lipinski definition) is 6. The van der Waals surface area contributed by atoms with Crippen molar-refractivity contribution < 1.29 is 27.5 Å². The number of amides is 1. The Morgan fingerprint density at radius 1 is 1.10 bits per heavy atom. The summed E-state index contributed by atoms with van der Waals surface area (Å²) in [5.41, 5.74) is 0.815. The van der Waals surface area contributed by atoms with Crippen molar-refractivity contribution >= 4 is 44.9 Å². The van der Waals surface area contributed by atoms with Crippen molar-refractivity contribution in [3.63, 3.8) is 0 Å². The fourth-order valence-corrected chi connectivity index (χ4v) is 3.69. The van der Waals surface area contributed by atoms with E-state index in [4.69, 9.17) is 21.1 Å². The molecular formula is C21H25ClN2O6S. The van der Waals surface area contributed by atoms with Crippen molar-refractivity contribution in [1.29, 1.82) is 0 Å². The molecule has 8 nitrogen and oxygen atoms in total. The number of hydrogen-bond donors (Lipinski definition) is 1. The van der Waals surface area contributed by atoms with Gasteiger partial charge < -0.3 is 14.8 Å². The first-order valence-corrected chi connectivity index (χ1v) is 11.9. The van der Waals surface area contributed by atoms with Gasteiger partial charge in [-0.25, -0.2) is 13.2 Å². The number of carbonyl (C=O) groups is 2. The molecule has 0 radical (unpaired) electrons. The van der Waals surface area contributed by atoms with E-state index in [0.29, 0.717) is 18.0 Å². The van der Waals surface area contributed by atoms with E-state index in [9.17, 15) is 18.0 Å². The van der Waals surface area contributed by atoms with E-state index in [1.54, 1.807) is 31.2 Å². The first-order chi connectivity index (χ1) is 14.7. The fourth-order valence-electron chi connectivity index (χ4n) is 2.61. The Bertz CT molecular complexity index is 1020. The van der Waals surface area contributed by atoms with Gasteiger partial charge in [0.1, 0.15) is 12.3 Å². The topological polar surface area (TPSA) is 102 Å². The van der Waals surface area contributed by atoms with Crippen molar-refractivity contribution in [2.45, 2.75) is 20.3 Å². The number of nitrogens with one attached hydrogen (secondary N) is 1. The zero-order chi connectivity index (χ0) is 23.0. The van der Waals surface area contributed by atoms with Crippen LogP contribution in [-0.4, -0.2) is 46.3 Å². The third-order valence-corrected chi connectivity index (χ3v) is 5.49. The average Bonchev–Trinajstić information content (AvgIpc) is 2.72. The summed E-state index contributed by atoms with van der Waals surface area (Å²) in [6.07, 6.45) is 1.86. The van der Waals surface area contributed by atoms with Gasteiger partial charge in [0.05, 0.1) is 41.4 Å². The highest BCUT2D eigenvalue weighted by Gasteiger charge is 2.21. The van der Waals surface area contributed by atoms with Crippen molar-refractivity contribution in [2.75, 3.05) is 35.6 Å². The smallest absolute Gasteiger partial charge is 0.338 e. The lowest BCUT2D eigenvalue weighted by Gasteiger charge is -2.22. The molecule has 168 valence electrons. The van der Waals surface area contributed by atoms with E-state index in [1.807, 2.05) is 6.92 Å². The predicted octanol–water partition coefficient (Wildman–Crippen LogP) is 3.71. The van der Waals surface area contributed by atoms with E-state index in [1.165, 1.54) is 18.2 Å². The molecule has 0 atom stereocenters. The number of esters is 1. The van der Waals surface area contributed by atoms with Gasteiger partial charge in [-0.1, -0.05) is 18.5 Å². The largest absolute Gasteiger partial charge is 0.494 e. The third kappa shape index (κ3) is 7.15. The molecule has 1 N–H and O–H groups in total. The van der Waals surface area contributed by atoms with E-state index >= 15 is 0 Å². The average molecular weight is 469 g/mol. The van der Waals surface area contributed by atoms with Gasteiger partial charge in [0.2, 0.25) is 15.9 Å². The predicted molar refractivity (Wildman–Crippen MR) is 120 cm³/mol. The molecule has 0 spiro atoms. The van der Waals surface area contributed by atoms with Crippen LogP contribution in [0.2, 0.25) is 5.02 Å². The molecule has 2 aromatic carbocycles. The molecule has 0 fully saturated rings. The van der Waals surface area contributed by atoms with Gasteiger partial charge in [-0.15, -0.1) is 0 Å². The zero-order valence-electron chi connectivity index (χ0n) is 17.6. The number of sulfonamides is 1. The molecule has 0 unspecified atom stereocenters. The van der Waals surface area contributed by atoms with Crippen LogP contribution in [-0.2, 0) is 19.6 Å². The lowest BCUT2D eigenvalue weighted by Crippen LogP contribution is -2.37. The number of benzene rings is 2. The molecule has 10 heteroatoms. The van der Waals surface area contributed by atoms with Crippen molar-refractivity contribution in [2.24, 2.45) is 0 Å². The number of halogens is 1. The second kappa shape index (κ2) is 11.0. The highest BCUT2D eigenvalue weighted by Crippen LogP contribution is 2.25. The molecule has 0 aromatic heterocycles. The van der Waals surface area contributed by atoms with Gasteiger partial charge in [0.15, 0.2) is 0 Å². The quantitative estimate of drug-likeness (QED) is 0.533. The first kappa shape index (κ1) is 24.5. The Hall–Kier alpha value is -2.78. The van der Waals surface area contributed by atoms with Gasteiger partial charge >= 0.3 is 5.97 Å². The van der Waals surface area contributed by atoms with E-state index in [2.05, 4.69) is 5.32 Å². The minimum Gasteiger partial charge on any atom is -0.494 e. The summed E-state index contributed by atoms with van der Waals surface area (Å²) in [7, 11) is -3.73. The number of ether oxygens (including phenoxy) is 2. The van der Waals surface area contributed by atoms with Crippen LogP contribution in [0.25, 0.3) is 0 Å². The maximum Gasteiger partial charge on any atom is 0.338 e. The summed E-state index contributed by atoms with van der Waals surface area (Å²) in [4.78, 5) is 24.3. The summed E-state index contributed by atoms with van der Waals surface area (Å²) in [5, 5.41) is 2.69. The normalized spacial score (nSPS) is 11.0. The van der Waals surface area contributed by atoms with Gasteiger partial charge in [0.25, 0.3) is 0 Å². The molecule has 1 amide bonds. The Morgan fingerprint density at radius 2 is 1.77 bits per heavy atom. The van der Waals surface area contributed by atoms with Crippen molar-refractivity contribution in [3.05, 3.63) is 53.1 Å².